The van der Waals surface area contributed by atoms with E-state index < -0.39 is 5.91 Å². The second kappa shape index (κ2) is 10.0. The normalized spacial score (nSPS) is 11.9. The molecule has 0 fully saturated rings. The molecule has 1 atom stereocenters. The molecule has 0 aliphatic rings. The van der Waals surface area contributed by atoms with Gasteiger partial charge in [-0.1, -0.05) is 54.6 Å². The first-order valence-corrected chi connectivity index (χ1v) is 10.5. The Hall–Kier alpha value is -3.75. The topological polar surface area (TPSA) is 115 Å². The molecule has 164 valence electrons. The summed E-state index contributed by atoms with van der Waals surface area (Å²) in [6, 6.07) is 20.6. The van der Waals surface area contributed by atoms with Gasteiger partial charge in [-0.05, 0) is 29.7 Å². The first-order chi connectivity index (χ1) is 15.6. The number of rotatable bonds is 9. The highest BCUT2D eigenvalue weighted by atomic mass is 16.5. The van der Waals surface area contributed by atoms with Crippen molar-refractivity contribution in [1.29, 1.82) is 0 Å². The largest absolute Gasteiger partial charge is 0.363 e. The number of nitrogens with zero attached hydrogens (tertiary/aromatic N) is 2. The average molecular weight is 431 g/mol. The van der Waals surface area contributed by atoms with Crippen LogP contribution in [0, 0.1) is 0 Å². The molecule has 2 aromatic heterocycles. The van der Waals surface area contributed by atoms with Crippen LogP contribution in [-0.2, 0) is 11.3 Å². The van der Waals surface area contributed by atoms with E-state index >= 15 is 0 Å². The number of aromatic amines is 1. The molecular formula is C24H26N6O2. The Balaban J connectivity index is 1.46. The Bertz CT molecular complexity index is 1170. The van der Waals surface area contributed by atoms with E-state index in [1.54, 1.807) is 11.8 Å². The molecule has 4 rings (SSSR count). The number of anilines is 1. The zero-order valence-electron chi connectivity index (χ0n) is 17.8. The highest BCUT2D eigenvalue weighted by Gasteiger charge is 2.12. The van der Waals surface area contributed by atoms with Crippen molar-refractivity contribution in [2.45, 2.75) is 25.9 Å². The molecule has 1 amide bonds. The summed E-state index contributed by atoms with van der Waals surface area (Å²) in [4.78, 5) is 23.3. The van der Waals surface area contributed by atoms with E-state index in [-0.39, 0.29) is 12.5 Å². The summed E-state index contributed by atoms with van der Waals surface area (Å²) >= 11 is 0. The fourth-order valence-corrected chi connectivity index (χ4v) is 3.53. The number of H-pyrrole nitrogens is 1. The van der Waals surface area contributed by atoms with Crippen molar-refractivity contribution in [3.8, 4) is 11.3 Å². The van der Waals surface area contributed by atoms with Gasteiger partial charge in [0, 0.05) is 31.2 Å². The SMILES string of the molecule is C[C@@H](Nc1ncnc2[nH]c(-c3ccc(CNCCC(=O)NO)cc3)cc12)c1ccccc1. The molecule has 8 heteroatoms. The minimum atomic E-state index is -0.401. The van der Waals surface area contributed by atoms with Gasteiger partial charge in [0.25, 0.3) is 0 Å². The molecule has 0 unspecified atom stereocenters. The average Bonchev–Trinajstić information content (AvgIpc) is 3.28. The summed E-state index contributed by atoms with van der Waals surface area (Å²) < 4.78 is 0. The molecule has 0 bridgehead atoms. The summed E-state index contributed by atoms with van der Waals surface area (Å²) in [6.45, 7) is 3.24. The minimum Gasteiger partial charge on any atom is -0.363 e. The standard InChI is InChI=1S/C24H26N6O2/c1-16(18-5-3-2-4-6-18)28-23-20-13-21(29-24(20)27-15-26-23)19-9-7-17(8-10-19)14-25-12-11-22(31)30-32/h2-10,13,15-16,25,32H,11-12,14H2,1H3,(H,30,31)(H2,26,27,28,29)/t16-/m1/s1. The van der Waals surface area contributed by atoms with Crippen LogP contribution < -0.4 is 16.1 Å². The summed E-state index contributed by atoms with van der Waals surface area (Å²) in [7, 11) is 0. The van der Waals surface area contributed by atoms with Gasteiger partial charge in [0.2, 0.25) is 5.91 Å². The first-order valence-electron chi connectivity index (χ1n) is 10.5. The summed E-state index contributed by atoms with van der Waals surface area (Å²) in [6.07, 6.45) is 1.79. The number of hydrogen-bond acceptors (Lipinski definition) is 6. The highest BCUT2D eigenvalue weighted by Crippen LogP contribution is 2.29. The van der Waals surface area contributed by atoms with Gasteiger partial charge in [0.1, 0.15) is 17.8 Å². The molecule has 4 aromatic rings. The van der Waals surface area contributed by atoms with Crippen LogP contribution in [0.1, 0.15) is 30.5 Å². The van der Waals surface area contributed by atoms with Gasteiger partial charge in [-0.3, -0.25) is 10.0 Å². The summed E-state index contributed by atoms with van der Waals surface area (Å²) in [5, 5.41) is 16.1. The molecule has 0 saturated heterocycles. The molecule has 2 heterocycles. The van der Waals surface area contributed by atoms with E-state index in [2.05, 4.69) is 62.8 Å². The lowest BCUT2D eigenvalue weighted by atomic mass is 10.1. The van der Waals surface area contributed by atoms with Crippen LogP contribution >= 0.6 is 0 Å². The number of fused-ring (bicyclic) bond motifs is 1. The number of benzene rings is 2. The molecule has 5 N–H and O–H groups in total. The van der Waals surface area contributed by atoms with Gasteiger partial charge in [-0.15, -0.1) is 0 Å². The maximum Gasteiger partial charge on any atom is 0.244 e. The van der Waals surface area contributed by atoms with Crippen LogP contribution in [0.3, 0.4) is 0 Å². The Morgan fingerprint density at radius 3 is 2.62 bits per heavy atom. The van der Waals surface area contributed by atoms with Gasteiger partial charge >= 0.3 is 0 Å². The number of nitrogens with one attached hydrogen (secondary N) is 4. The van der Waals surface area contributed by atoms with Crippen molar-refractivity contribution < 1.29 is 10.0 Å². The Morgan fingerprint density at radius 2 is 1.88 bits per heavy atom. The van der Waals surface area contributed by atoms with Crippen molar-refractivity contribution >= 4 is 22.8 Å². The predicted molar refractivity (Wildman–Crippen MR) is 124 cm³/mol. The van der Waals surface area contributed by atoms with Crippen LogP contribution in [0.5, 0.6) is 0 Å². The van der Waals surface area contributed by atoms with Crippen molar-refractivity contribution in [2.24, 2.45) is 0 Å². The second-order valence-electron chi connectivity index (χ2n) is 7.60. The lowest BCUT2D eigenvalue weighted by Gasteiger charge is -2.15. The number of amides is 1. The van der Waals surface area contributed by atoms with Crippen LogP contribution in [0.25, 0.3) is 22.3 Å². The molecule has 8 nitrogen and oxygen atoms in total. The maximum absolute atomic E-state index is 11.0. The van der Waals surface area contributed by atoms with E-state index in [0.29, 0.717) is 13.1 Å². The van der Waals surface area contributed by atoms with E-state index in [4.69, 9.17) is 5.21 Å². The lowest BCUT2D eigenvalue weighted by Crippen LogP contribution is -2.24. The third-order valence-electron chi connectivity index (χ3n) is 5.33. The Labute approximate surface area is 186 Å². The van der Waals surface area contributed by atoms with Gasteiger partial charge < -0.3 is 15.6 Å². The third kappa shape index (κ3) is 5.11. The van der Waals surface area contributed by atoms with Gasteiger partial charge in [0.15, 0.2) is 0 Å². The van der Waals surface area contributed by atoms with Crippen LogP contribution in [0.2, 0.25) is 0 Å². The van der Waals surface area contributed by atoms with Crippen LogP contribution in [0.4, 0.5) is 5.82 Å². The van der Waals surface area contributed by atoms with Gasteiger partial charge in [-0.2, -0.15) is 0 Å². The second-order valence-corrected chi connectivity index (χ2v) is 7.60. The molecule has 0 spiro atoms. The first kappa shape index (κ1) is 21.5. The maximum atomic E-state index is 11.0. The van der Waals surface area contributed by atoms with E-state index in [9.17, 15) is 4.79 Å². The fourth-order valence-electron chi connectivity index (χ4n) is 3.53. The predicted octanol–water partition coefficient (Wildman–Crippen LogP) is 3.78. The molecule has 0 saturated carbocycles. The smallest absolute Gasteiger partial charge is 0.244 e. The van der Waals surface area contributed by atoms with Crippen LogP contribution in [0.15, 0.2) is 67.0 Å². The number of aromatic nitrogens is 3. The molecule has 0 radical (unpaired) electrons. The third-order valence-corrected chi connectivity index (χ3v) is 5.33. The molecule has 32 heavy (non-hydrogen) atoms. The van der Waals surface area contributed by atoms with E-state index in [1.165, 1.54) is 5.56 Å². The molecular weight excluding hydrogens is 404 g/mol. The quantitative estimate of drug-likeness (QED) is 0.157. The fraction of sp³-hybridized carbons (Fsp3) is 0.208. The van der Waals surface area contributed by atoms with E-state index in [1.807, 2.05) is 30.3 Å². The zero-order chi connectivity index (χ0) is 22.3. The lowest BCUT2D eigenvalue weighted by molar-refractivity contribution is -0.129. The van der Waals surface area contributed by atoms with Gasteiger partial charge in [0.05, 0.1) is 5.39 Å². The van der Waals surface area contributed by atoms with Crippen molar-refractivity contribution in [2.75, 3.05) is 11.9 Å². The van der Waals surface area contributed by atoms with Crippen molar-refractivity contribution in [1.82, 2.24) is 25.7 Å². The van der Waals surface area contributed by atoms with Crippen molar-refractivity contribution in [3.05, 3.63) is 78.1 Å². The van der Waals surface area contributed by atoms with E-state index in [0.717, 1.165) is 33.7 Å². The highest BCUT2D eigenvalue weighted by molar-refractivity contribution is 5.91. The summed E-state index contributed by atoms with van der Waals surface area (Å²) in [5.41, 5.74) is 6.72. The molecule has 0 aliphatic heterocycles. The van der Waals surface area contributed by atoms with Crippen LogP contribution in [-0.4, -0.2) is 32.6 Å². The summed E-state index contributed by atoms with van der Waals surface area (Å²) in [5.74, 6) is 0.392. The van der Waals surface area contributed by atoms with Crippen molar-refractivity contribution in [3.63, 3.8) is 0 Å². The minimum absolute atomic E-state index is 0.114. The molecule has 0 aliphatic carbocycles. The monoisotopic (exact) mass is 430 g/mol. The number of hydroxylamine groups is 1. The molecule has 2 aromatic carbocycles. The Kier molecular flexibility index (Phi) is 6.74. The number of hydrogen-bond donors (Lipinski definition) is 5. The Morgan fingerprint density at radius 1 is 1.09 bits per heavy atom. The number of carbonyl (C=O) groups is 1. The number of carbonyl (C=O) groups excluding carboxylic acids is 1. The zero-order valence-corrected chi connectivity index (χ0v) is 17.8. The van der Waals surface area contributed by atoms with Gasteiger partial charge in [-0.25, -0.2) is 15.4 Å².